The van der Waals surface area contributed by atoms with Gasteiger partial charge in [-0.25, -0.2) is 4.98 Å². The molecule has 7 nitrogen and oxygen atoms in total. The summed E-state index contributed by atoms with van der Waals surface area (Å²) in [4.78, 5) is 41.5. The molecule has 0 saturated carbocycles. The van der Waals surface area contributed by atoms with Gasteiger partial charge in [-0.2, -0.15) is 0 Å². The smallest absolute Gasteiger partial charge is 0.255 e. The molecule has 1 unspecified atom stereocenters. The van der Waals surface area contributed by atoms with Crippen molar-refractivity contribution in [2.75, 3.05) is 19.6 Å². The highest BCUT2D eigenvalue weighted by molar-refractivity contribution is 5.81. The highest BCUT2D eigenvalue weighted by Gasteiger charge is 2.34. The van der Waals surface area contributed by atoms with Crippen molar-refractivity contribution in [2.45, 2.75) is 52.6 Å². The van der Waals surface area contributed by atoms with Gasteiger partial charge in [0.15, 0.2) is 0 Å². The van der Waals surface area contributed by atoms with Crippen LogP contribution in [-0.2, 0) is 24.3 Å². The molecule has 1 fully saturated rings. The van der Waals surface area contributed by atoms with E-state index < -0.39 is 0 Å². The molecule has 0 bridgehead atoms. The Morgan fingerprint density at radius 2 is 2.14 bits per heavy atom. The van der Waals surface area contributed by atoms with Gasteiger partial charge in [-0.3, -0.25) is 19.5 Å². The van der Waals surface area contributed by atoms with Crippen LogP contribution in [-0.4, -0.2) is 50.3 Å². The van der Waals surface area contributed by atoms with Crippen molar-refractivity contribution in [3.05, 3.63) is 57.5 Å². The van der Waals surface area contributed by atoms with Crippen molar-refractivity contribution in [1.82, 2.24) is 24.8 Å². The van der Waals surface area contributed by atoms with Gasteiger partial charge in [0.05, 0.1) is 11.3 Å². The fourth-order valence-corrected chi connectivity index (χ4v) is 4.22. The van der Waals surface area contributed by atoms with Gasteiger partial charge in [-0.1, -0.05) is 26.8 Å². The Morgan fingerprint density at radius 3 is 2.86 bits per heavy atom. The molecule has 1 atom stereocenters. The number of aromatic nitrogens is 3. The Hall–Kier alpha value is -2.54. The van der Waals surface area contributed by atoms with Crippen molar-refractivity contribution < 1.29 is 4.79 Å². The molecule has 4 rings (SSSR count). The standard InChI is InChI=1S/C22H29N5O2/c1-22(2,3)21(29)27-10-6-16(13-27)19-24-18-7-9-26(14-17(18)20(28)25-19)12-15-5-4-8-23-11-15/h4-5,8,11,16H,6-7,9-10,12-14H2,1-3H3,(H,24,25,28). The minimum atomic E-state index is -0.386. The number of fused-ring (bicyclic) bond motifs is 1. The van der Waals surface area contributed by atoms with E-state index in [-0.39, 0.29) is 22.8 Å². The number of hydrogen-bond acceptors (Lipinski definition) is 5. The minimum Gasteiger partial charge on any atom is -0.341 e. The lowest BCUT2D eigenvalue weighted by molar-refractivity contribution is -0.138. The number of carbonyl (C=O) groups is 1. The third kappa shape index (κ3) is 4.24. The number of H-pyrrole nitrogens is 1. The van der Waals surface area contributed by atoms with Crippen LogP contribution < -0.4 is 5.56 Å². The number of rotatable bonds is 3. The molecule has 0 radical (unpaired) electrons. The lowest BCUT2D eigenvalue weighted by atomic mass is 9.95. The first-order chi connectivity index (χ1) is 13.8. The summed E-state index contributed by atoms with van der Waals surface area (Å²) in [6, 6.07) is 3.99. The number of likely N-dealkylation sites (tertiary alicyclic amines) is 1. The van der Waals surface area contributed by atoms with E-state index in [1.54, 1.807) is 6.20 Å². The molecule has 1 saturated heterocycles. The van der Waals surface area contributed by atoms with E-state index in [0.717, 1.165) is 55.1 Å². The Morgan fingerprint density at radius 1 is 1.31 bits per heavy atom. The Labute approximate surface area is 171 Å². The van der Waals surface area contributed by atoms with E-state index >= 15 is 0 Å². The summed E-state index contributed by atoms with van der Waals surface area (Å²) < 4.78 is 0. The van der Waals surface area contributed by atoms with Gasteiger partial charge < -0.3 is 9.88 Å². The summed E-state index contributed by atoms with van der Waals surface area (Å²) in [6.45, 7) is 9.44. The molecule has 4 heterocycles. The fraction of sp³-hybridized carbons (Fsp3) is 0.545. The quantitative estimate of drug-likeness (QED) is 0.861. The van der Waals surface area contributed by atoms with Crippen LogP contribution in [0.5, 0.6) is 0 Å². The average molecular weight is 396 g/mol. The Kier molecular flexibility index (Phi) is 5.25. The predicted molar refractivity (Wildman–Crippen MR) is 110 cm³/mol. The Bertz CT molecular complexity index is 948. The van der Waals surface area contributed by atoms with Gasteiger partial charge in [0.1, 0.15) is 5.82 Å². The average Bonchev–Trinajstić information content (AvgIpc) is 3.18. The summed E-state index contributed by atoms with van der Waals surface area (Å²) in [5.74, 6) is 0.998. The van der Waals surface area contributed by atoms with E-state index in [1.807, 2.05) is 37.9 Å². The monoisotopic (exact) mass is 395 g/mol. The SMILES string of the molecule is CC(C)(C)C(=O)N1CCC(c2nc3c(c(=O)[nH]2)CN(Cc2cccnc2)CC3)C1. The van der Waals surface area contributed by atoms with Crippen LogP contribution in [0.3, 0.4) is 0 Å². The maximum Gasteiger partial charge on any atom is 0.255 e. The summed E-state index contributed by atoms with van der Waals surface area (Å²) >= 11 is 0. The molecule has 29 heavy (non-hydrogen) atoms. The molecule has 0 aliphatic carbocycles. The molecule has 0 aromatic carbocycles. The number of amides is 1. The molecular weight excluding hydrogens is 366 g/mol. The second-order valence-electron chi connectivity index (χ2n) is 9.19. The van der Waals surface area contributed by atoms with Crippen LogP contribution in [0.1, 0.15) is 55.8 Å². The number of pyridine rings is 1. The summed E-state index contributed by atoms with van der Waals surface area (Å²) in [7, 11) is 0. The molecule has 2 aliphatic rings. The largest absolute Gasteiger partial charge is 0.341 e. The van der Waals surface area contributed by atoms with Crippen LogP contribution >= 0.6 is 0 Å². The number of hydrogen-bond donors (Lipinski definition) is 1. The van der Waals surface area contributed by atoms with Crippen LogP contribution in [0, 0.1) is 5.41 Å². The maximum absolute atomic E-state index is 12.8. The van der Waals surface area contributed by atoms with Gasteiger partial charge in [0, 0.05) is 62.9 Å². The van der Waals surface area contributed by atoms with Gasteiger partial charge >= 0.3 is 0 Å². The molecular formula is C22H29N5O2. The zero-order valence-electron chi connectivity index (χ0n) is 17.4. The van der Waals surface area contributed by atoms with Crippen LogP contribution in [0.4, 0.5) is 0 Å². The summed E-state index contributed by atoms with van der Waals surface area (Å²) in [5.41, 5.74) is 2.40. The molecule has 2 aliphatic heterocycles. The minimum absolute atomic E-state index is 0.0403. The van der Waals surface area contributed by atoms with Crippen molar-refractivity contribution >= 4 is 5.91 Å². The maximum atomic E-state index is 12.8. The van der Waals surface area contributed by atoms with Crippen LogP contribution in [0.25, 0.3) is 0 Å². The fourth-order valence-electron chi connectivity index (χ4n) is 4.22. The second kappa shape index (κ2) is 7.71. The van der Waals surface area contributed by atoms with Crippen molar-refractivity contribution in [2.24, 2.45) is 5.41 Å². The highest BCUT2D eigenvalue weighted by Crippen LogP contribution is 2.29. The van der Waals surface area contributed by atoms with Gasteiger partial charge in [-0.15, -0.1) is 0 Å². The van der Waals surface area contributed by atoms with Gasteiger partial charge in [-0.05, 0) is 18.1 Å². The normalized spacial score (nSPS) is 20.0. The van der Waals surface area contributed by atoms with E-state index in [9.17, 15) is 9.59 Å². The predicted octanol–water partition coefficient (Wildman–Crippen LogP) is 2.09. The number of nitrogens with one attached hydrogen (secondary N) is 1. The summed E-state index contributed by atoms with van der Waals surface area (Å²) in [5, 5.41) is 0. The molecule has 2 aromatic rings. The van der Waals surface area contributed by atoms with Crippen molar-refractivity contribution in [1.29, 1.82) is 0 Å². The van der Waals surface area contributed by atoms with E-state index in [2.05, 4.69) is 20.9 Å². The highest BCUT2D eigenvalue weighted by atomic mass is 16.2. The second-order valence-corrected chi connectivity index (χ2v) is 9.19. The van der Waals surface area contributed by atoms with Gasteiger partial charge in [0.25, 0.3) is 5.56 Å². The van der Waals surface area contributed by atoms with Crippen molar-refractivity contribution in [3.8, 4) is 0 Å². The molecule has 0 spiro atoms. The number of aromatic amines is 1. The first-order valence-electron chi connectivity index (χ1n) is 10.3. The first-order valence-corrected chi connectivity index (χ1v) is 10.3. The lowest BCUT2D eigenvalue weighted by Gasteiger charge is -2.28. The lowest BCUT2D eigenvalue weighted by Crippen LogP contribution is -2.38. The van der Waals surface area contributed by atoms with Crippen LogP contribution in [0.2, 0.25) is 0 Å². The van der Waals surface area contributed by atoms with E-state index in [4.69, 9.17) is 4.98 Å². The first kappa shape index (κ1) is 19.8. The topological polar surface area (TPSA) is 82.2 Å². The molecule has 7 heteroatoms. The van der Waals surface area contributed by atoms with E-state index in [1.165, 1.54) is 0 Å². The molecule has 1 amide bonds. The summed E-state index contributed by atoms with van der Waals surface area (Å²) in [6.07, 6.45) is 5.25. The third-order valence-corrected chi connectivity index (χ3v) is 5.80. The van der Waals surface area contributed by atoms with Gasteiger partial charge in [0.2, 0.25) is 5.91 Å². The third-order valence-electron chi connectivity index (χ3n) is 5.80. The zero-order chi connectivity index (χ0) is 20.6. The number of carbonyl (C=O) groups excluding carboxylic acids is 1. The number of nitrogens with zero attached hydrogens (tertiary/aromatic N) is 4. The molecule has 1 N–H and O–H groups in total. The molecule has 2 aromatic heterocycles. The molecule has 154 valence electrons. The van der Waals surface area contributed by atoms with E-state index in [0.29, 0.717) is 13.1 Å². The Balaban J connectivity index is 1.47. The zero-order valence-corrected chi connectivity index (χ0v) is 17.4. The van der Waals surface area contributed by atoms with Crippen LogP contribution in [0.15, 0.2) is 29.3 Å². The van der Waals surface area contributed by atoms with Crippen molar-refractivity contribution in [3.63, 3.8) is 0 Å².